The number of anilines is 1. The molecule has 0 bridgehead atoms. The predicted octanol–water partition coefficient (Wildman–Crippen LogP) is 0.419. The lowest BCUT2D eigenvalue weighted by Gasteiger charge is -2.31. The van der Waals surface area contributed by atoms with Gasteiger partial charge in [0.05, 0.1) is 12.4 Å². The maximum absolute atomic E-state index is 10.5. The number of aromatic hydroxyl groups is 1. The first-order chi connectivity index (χ1) is 8.15. The number of rotatable bonds is 2. The van der Waals surface area contributed by atoms with Crippen molar-refractivity contribution in [2.24, 2.45) is 0 Å². The van der Waals surface area contributed by atoms with E-state index in [1.165, 1.54) is 12.4 Å². The molecule has 1 aliphatic rings. The molecule has 92 valence electrons. The normalized spacial score (nSPS) is 16.8. The summed E-state index contributed by atoms with van der Waals surface area (Å²) in [4.78, 5) is 20.5. The first-order valence-electron chi connectivity index (χ1n) is 5.40. The van der Waals surface area contributed by atoms with Gasteiger partial charge in [-0.2, -0.15) is 0 Å². The van der Waals surface area contributed by atoms with Crippen molar-refractivity contribution in [3.63, 3.8) is 0 Å². The second-order valence-corrected chi connectivity index (χ2v) is 3.95. The summed E-state index contributed by atoms with van der Waals surface area (Å²) in [6.45, 7) is 1.41. The molecule has 1 aromatic rings. The van der Waals surface area contributed by atoms with Crippen LogP contribution in [0.4, 0.5) is 10.7 Å². The summed E-state index contributed by atoms with van der Waals surface area (Å²) >= 11 is 0. The highest BCUT2D eigenvalue weighted by atomic mass is 16.4. The van der Waals surface area contributed by atoms with E-state index in [9.17, 15) is 4.79 Å². The zero-order valence-electron chi connectivity index (χ0n) is 9.20. The van der Waals surface area contributed by atoms with Gasteiger partial charge in [-0.25, -0.2) is 14.8 Å². The quantitative estimate of drug-likeness (QED) is 0.690. The molecular weight excluding hydrogens is 224 g/mol. The molecule has 7 nitrogen and oxygen atoms in total. The van der Waals surface area contributed by atoms with E-state index < -0.39 is 6.09 Å². The number of nitrogens with zero attached hydrogens (tertiary/aromatic N) is 3. The predicted molar refractivity (Wildman–Crippen MR) is 60.1 cm³/mol. The van der Waals surface area contributed by atoms with E-state index in [2.05, 4.69) is 15.3 Å². The summed E-state index contributed by atoms with van der Waals surface area (Å²) in [6, 6.07) is 0.000801. The number of carbonyl (C=O) groups is 1. The Balaban J connectivity index is 1.90. The molecule has 0 unspecified atom stereocenters. The first kappa shape index (κ1) is 11.4. The molecule has 0 atom stereocenters. The third-order valence-electron chi connectivity index (χ3n) is 2.73. The van der Waals surface area contributed by atoms with Gasteiger partial charge < -0.3 is 20.4 Å². The average molecular weight is 238 g/mol. The molecule has 17 heavy (non-hydrogen) atoms. The molecular formula is C10H14N4O3. The molecule has 0 aromatic carbocycles. The topological polar surface area (TPSA) is 98.6 Å². The van der Waals surface area contributed by atoms with Gasteiger partial charge in [-0.15, -0.1) is 0 Å². The molecule has 0 radical (unpaired) electrons. The smallest absolute Gasteiger partial charge is 0.404 e. The fraction of sp³-hybridized carbons (Fsp3) is 0.500. The number of piperidine rings is 1. The number of hydrogen-bond donors (Lipinski definition) is 3. The van der Waals surface area contributed by atoms with Crippen LogP contribution in [0.15, 0.2) is 12.4 Å². The summed E-state index contributed by atoms with van der Waals surface area (Å²) in [5.41, 5.74) is 0. The van der Waals surface area contributed by atoms with Crippen LogP contribution in [-0.4, -0.2) is 45.4 Å². The Morgan fingerprint density at radius 1 is 1.35 bits per heavy atom. The van der Waals surface area contributed by atoms with Crippen molar-refractivity contribution in [1.82, 2.24) is 15.3 Å². The molecule has 7 heteroatoms. The third-order valence-corrected chi connectivity index (χ3v) is 2.73. The van der Waals surface area contributed by atoms with Crippen molar-refractivity contribution < 1.29 is 15.0 Å². The zero-order valence-corrected chi connectivity index (χ0v) is 9.20. The van der Waals surface area contributed by atoms with Crippen molar-refractivity contribution in [1.29, 1.82) is 0 Å². The molecule has 1 amide bonds. The fourth-order valence-corrected chi connectivity index (χ4v) is 1.88. The second-order valence-electron chi connectivity index (χ2n) is 3.95. The largest absolute Gasteiger partial charge is 0.505 e. The minimum Gasteiger partial charge on any atom is -0.505 e. The van der Waals surface area contributed by atoms with E-state index in [-0.39, 0.29) is 11.8 Å². The second kappa shape index (κ2) is 4.86. The van der Waals surface area contributed by atoms with E-state index in [1.807, 2.05) is 4.90 Å². The van der Waals surface area contributed by atoms with Crippen molar-refractivity contribution in [2.75, 3.05) is 18.0 Å². The lowest BCUT2D eigenvalue weighted by molar-refractivity contribution is 0.187. The standard InChI is InChI=1S/C10H14N4O3/c15-8-5-11-9(12-6-8)14-3-1-7(2-4-14)13-10(16)17/h5-7,13,15H,1-4H2,(H,16,17). The lowest BCUT2D eigenvalue weighted by atomic mass is 10.1. The minimum atomic E-state index is -0.982. The van der Waals surface area contributed by atoms with Gasteiger partial charge >= 0.3 is 6.09 Å². The molecule has 1 saturated heterocycles. The van der Waals surface area contributed by atoms with Gasteiger partial charge in [0, 0.05) is 19.1 Å². The molecule has 3 N–H and O–H groups in total. The lowest BCUT2D eigenvalue weighted by Crippen LogP contribution is -2.44. The maximum atomic E-state index is 10.5. The maximum Gasteiger partial charge on any atom is 0.404 e. The Labute approximate surface area is 98.1 Å². The Hall–Kier alpha value is -2.05. The summed E-state index contributed by atoms with van der Waals surface area (Å²) in [5.74, 6) is 0.604. The van der Waals surface area contributed by atoms with Gasteiger partial charge in [-0.3, -0.25) is 0 Å². The Bertz CT molecular complexity index is 387. The van der Waals surface area contributed by atoms with Crippen LogP contribution in [0.25, 0.3) is 0 Å². The molecule has 2 heterocycles. The monoisotopic (exact) mass is 238 g/mol. The van der Waals surface area contributed by atoms with Crippen molar-refractivity contribution in [3.05, 3.63) is 12.4 Å². The van der Waals surface area contributed by atoms with Crippen molar-refractivity contribution in [3.8, 4) is 5.75 Å². The zero-order chi connectivity index (χ0) is 12.3. The number of nitrogens with one attached hydrogen (secondary N) is 1. The van der Waals surface area contributed by atoms with Gasteiger partial charge in [-0.05, 0) is 12.8 Å². The van der Waals surface area contributed by atoms with E-state index in [0.29, 0.717) is 19.0 Å². The van der Waals surface area contributed by atoms with Gasteiger partial charge in [-0.1, -0.05) is 0 Å². The first-order valence-corrected chi connectivity index (χ1v) is 5.40. The summed E-state index contributed by atoms with van der Waals surface area (Å²) in [6.07, 6.45) is 3.19. The third kappa shape index (κ3) is 2.96. The summed E-state index contributed by atoms with van der Waals surface area (Å²) < 4.78 is 0. The molecule has 2 rings (SSSR count). The van der Waals surface area contributed by atoms with Crippen LogP contribution in [0.1, 0.15) is 12.8 Å². The van der Waals surface area contributed by atoms with E-state index in [1.54, 1.807) is 0 Å². The SMILES string of the molecule is O=C(O)NC1CCN(c2ncc(O)cn2)CC1. The highest BCUT2D eigenvalue weighted by molar-refractivity contribution is 5.64. The van der Waals surface area contributed by atoms with Gasteiger partial charge in [0.2, 0.25) is 5.95 Å². The number of amides is 1. The number of hydrogen-bond acceptors (Lipinski definition) is 5. The minimum absolute atomic E-state index is 0.000801. The molecule has 0 saturated carbocycles. The Morgan fingerprint density at radius 2 is 1.94 bits per heavy atom. The van der Waals surface area contributed by atoms with Crippen LogP contribution in [0.5, 0.6) is 5.75 Å². The van der Waals surface area contributed by atoms with Gasteiger partial charge in [0.1, 0.15) is 0 Å². The molecule has 1 aliphatic heterocycles. The Kier molecular flexibility index (Phi) is 3.27. The van der Waals surface area contributed by atoms with Crippen molar-refractivity contribution >= 4 is 12.0 Å². The van der Waals surface area contributed by atoms with Crippen LogP contribution in [0.2, 0.25) is 0 Å². The van der Waals surface area contributed by atoms with Crippen LogP contribution in [0, 0.1) is 0 Å². The van der Waals surface area contributed by atoms with E-state index in [4.69, 9.17) is 10.2 Å². The summed E-state index contributed by atoms with van der Waals surface area (Å²) in [5, 5.41) is 20.2. The van der Waals surface area contributed by atoms with Crippen LogP contribution in [0.3, 0.4) is 0 Å². The molecule has 1 fully saturated rings. The highest BCUT2D eigenvalue weighted by Gasteiger charge is 2.21. The molecule has 0 spiro atoms. The average Bonchev–Trinajstić information content (AvgIpc) is 2.30. The fourth-order valence-electron chi connectivity index (χ4n) is 1.88. The van der Waals surface area contributed by atoms with Gasteiger partial charge in [0.15, 0.2) is 5.75 Å². The van der Waals surface area contributed by atoms with Crippen LogP contribution in [-0.2, 0) is 0 Å². The summed E-state index contributed by atoms with van der Waals surface area (Å²) in [7, 11) is 0. The van der Waals surface area contributed by atoms with Crippen LogP contribution >= 0.6 is 0 Å². The molecule has 1 aromatic heterocycles. The Morgan fingerprint density at radius 3 is 2.47 bits per heavy atom. The highest BCUT2D eigenvalue weighted by Crippen LogP contribution is 2.16. The van der Waals surface area contributed by atoms with E-state index >= 15 is 0 Å². The number of carboxylic acid groups (broad SMARTS) is 1. The van der Waals surface area contributed by atoms with E-state index in [0.717, 1.165) is 12.8 Å². The molecule has 0 aliphatic carbocycles. The van der Waals surface area contributed by atoms with Gasteiger partial charge in [0.25, 0.3) is 0 Å². The van der Waals surface area contributed by atoms with Crippen molar-refractivity contribution in [2.45, 2.75) is 18.9 Å². The van der Waals surface area contributed by atoms with Crippen LogP contribution < -0.4 is 10.2 Å². The number of aromatic nitrogens is 2.